The van der Waals surface area contributed by atoms with Crippen LogP contribution in [0.4, 0.5) is 0 Å². The number of furan rings is 1. The lowest BCUT2D eigenvalue weighted by Gasteiger charge is -2.16. The summed E-state index contributed by atoms with van der Waals surface area (Å²) in [5.74, 6) is 2.11. The first-order valence-corrected chi connectivity index (χ1v) is 15.3. The van der Waals surface area contributed by atoms with E-state index < -0.39 is 0 Å². The Morgan fingerprint density at radius 3 is 2.20 bits per heavy atom. The van der Waals surface area contributed by atoms with Crippen LogP contribution in [0, 0.1) is 0 Å². The second-order valence-electron chi connectivity index (χ2n) is 11.6. The molecule has 4 heteroatoms. The topological polar surface area (TPSA) is 51.8 Å². The molecule has 6 aromatic carbocycles. The van der Waals surface area contributed by atoms with E-state index >= 15 is 0 Å². The molecule has 0 bridgehead atoms. The van der Waals surface area contributed by atoms with Gasteiger partial charge < -0.3 is 4.42 Å². The van der Waals surface area contributed by atoms with Gasteiger partial charge in [-0.2, -0.15) is 0 Å². The van der Waals surface area contributed by atoms with Crippen molar-refractivity contribution in [3.8, 4) is 33.9 Å². The predicted molar refractivity (Wildman–Crippen MR) is 183 cm³/mol. The highest BCUT2D eigenvalue weighted by Gasteiger charge is 2.22. The number of hydrogen-bond acceptors (Lipinski definition) is 4. The molecular weight excluding hydrogens is 550 g/mol. The Balaban J connectivity index is 1.31. The molecule has 0 saturated heterocycles. The summed E-state index contributed by atoms with van der Waals surface area (Å²) in [5.41, 5.74) is 5.71. The van der Waals surface area contributed by atoms with Crippen LogP contribution in [0.5, 0.6) is 0 Å². The normalized spacial score (nSPS) is 14.3. The van der Waals surface area contributed by atoms with Gasteiger partial charge in [0.15, 0.2) is 11.6 Å². The first-order chi connectivity index (χ1) is 22.3. The van der Waals surface area contributed by atoms with Crippen LogP contribution < -0.4 is 10.4 Å². The van der Waals surface area contributed by atoms with Crippen molar-refractivity contribution in [1.82, 2.24) is 15.0 Å². The molecule has 0 amide bonds. The highest BCUT2D eigenvalue weighted by Crippen LogP contribution is 2.40. The van der Waals surface area contributed by atoms with E-state index in [2.05, 4.69) is 115 Å². The van der Waals surface area contributed by atoms with Gasteiger partial charge in [-0.25, -0.2) is 15.0 Å². The third kappa shape index (κ3) is 4.50. The average Bonchev–Trinajstić information content (AvgIpc) is 3.49. The lowest BCUT2D eigenvalue weighted by atomic mass is 9.95. The highest BCUT2D eigenvalue weighted by molar-refractivity contribution is 6.13. The van der Waals surface area contributed by atoms with E-state index in [4.69, 9.17) is 19.4 Å². The maximum absolute atomic E-state index is 6.48. The van der Waals surface area contributed by atoms with Crippen LogP contribution in [0.2, 0.25) is 0 Å². The Bertz CT molecular complexity index is 2530. The Morgan fingerprint density at radius 1 is 0.533 bits per heavy atom. The van der Waals surface area contributed by atoms with E-state index in [1.165, 1.54) is 21.2 Å². The lowest BCUT2D eigenvalue weighted by molar-refractivity contribution is 0.669. The molecule has 1 atom stereocenters. The zero-order chi connectivity index (χ0) is 29.7. The summed E-state index contributed by atoms with van der Waals surface area (Å²) in [6.45, 7) is 0. The van der Waals surface area contributed by atoms with E-state index in [9.17, 15) is 0 Å². The molecule has 0 spiro atoms. The van der Waals surface area contributed by atoms with Crippen LogP contribution >= 0.6 is 0 Å². The van der Waals surface area contributed by atoms with Gasteiger partial charge >= 0.3 is 0 Å². The van der Waals surface area contributed by atoms with Gasteiger partial charge in [0.1, 0.15) is 17.0 Å². The number of aromatic nitrogens is 3. The van der Waals surface area contributed by atoms with Crippen molar-refractivity contribution < 1.29 is 4.42 Å². The van der Waals surface area contributed by atoms with Crippen molar-refractivity contribution in [3.63, 3.8) is 0 Å². The number of benzene rings is 6. The second kappa shape index (κ2) is 10.4. The quantitative estimate of drug-likeness (QED) is 0.210. The summed E-state index contributed by atoms with van der Waals surface area (Å²) in [6.07, 6.45) is 5.40. The maximum atomic E-state index is 6.48. The number of para-hydroxylation sites is 1. The van der Waals surface area contributed by atoms with Gasteiger partial charge in [-0.3, -0.25) is 0 Å². The molecule has 1 aliphatic carbocycles. The van der Waals surface area contributed by atoms with E-state index in [1.54, 1.807) is 0 Å². The monoisotopic (exact) mass is 577 g/mol. The number of nitrogens with zero attached hydrogens (tertiary/aromatic N) is 3. The fourth-order valence-electron chi connectivity index (χ4n) is 6.53. The van der Waals surface area contributed by atoms with Crippen LogP contribution in [0.1, 0.15) is 18.2 Å². The maximum Gasteiger partial charge on any atom is 0.164 e. The number of hydrogen-bond donors (Lipinski definition) is 0. The van der Waals surface area contributed by atoms with Crippen molar-refractivity contribution in [1.29, 1.82) is 0 Å². The number of fused-ring (bicyclic) bond motifs is 5. The lowest BCUT2D eigenvalue weighted by Crippen LogP contribution is -2.28. The third-order valence-electron chi connectivity index (χ3n) is 8.79. The van der Waals surface area contributed by atoms with Gasteiger partial charge in [-0.1, -0.05) is 121 Å². The minimum absolute atomic E-state index is 0.0318. The smallest absolute Gasteiger partial charge is 0.164 e. The SMILES string of the molecule is C1=c2ccccc2=CC(c2nc(-c3ccccc3)nc(-c3cc(-c4ccc5ccccc5c4)cc4oc5ccccc5c34)n2)C1. The Morgan fingerprint density at radius 2 is 1.29 bits per heavy atom. The Labute approximate surface area is 259 Å². The Kier molecular flexibility index (Phi) is 5.91. The van der Waals surface area contributed by atoms with Gasteiger partial charge in [0, 0.05) is 27.8 Å². The largest absolute Gasteiger partial charge is 0.456 e. The molecule has 2 aromatic heterocycles. The first-order valence-electron chi connectivity index (χ1n) is 15.3. The zero-order valence-electron chi connectivity index (χ0n) is 24.4. The second-order valence-corrected chi connectivity index (χ2v) is 11.6. The average molecular weight is 578 g/mol. The molecule has 1 unspecified atom stereocenters. The number of rotatable bonds is 4. The van der Waals surface area contributed by atoms with E-state index in [0.717, 1.165) is 56.4 Å². The standard InChI is InChI=1S/C41H27N3O/c1-2-12-28(13-3-1)39-42-40(32-21-19-27-11-5-7-15-30(27)23-32)44-41(43-39)35-24-33(31-20-18-26-10-4-6-14-29(26)22-31)25-37-38(35)34-16-8-9-17-36(34)45-37/h1-20,22-25,32H,21H2. The highest BCUT2D eigenvalue weighted by atomic mass is 16.3. The molecule has 0 aliphatic heterocycles. The molecule has 4 nitrogen and oxygen atoms in total. The predicted octanol–water partition coefficient (Wildman–Crippen LogP) is 8.67. The van der Waals surface area contributed by atoms with Crippen molar-refractivity contribution in [3.05, 3.63) is 150 Å². The summed E-state index contributed by atoms with van der Waals surface area (Å²) < 4.78 is 6.48. The molecule has 2 heterocycles. The summed E-state index contributed by atoms with van der Waals surface area (Å²) in [5, 5.41) is 6.92. The molecule has 8 aromatic rings. The van der Waals surface area contributed by atoms with E-state index in [-0.39, 0.29) is 5.92 Å². The van der Waals surface area contributed by atoms with Crippen LogP contribution in [-0.2, 0) is 0 Å². The minimum Gasteiger partial charge on any atom is -0.456 e. The van der Waals surface area contributed by atoms with Gasteiger partial charge in [0.05, 0.1) is 0 Å². The van der Waals surface area contributed by atoms with Crippen molar-refractivity contribution in [2.75, 3.05) is 0 Å². The fourth-order valence-corrected chi connectivity index (χ4v) is 6.53. The summed E-state index contributed by atoms with van der Waals surface area (Å²) >= 11 is 0. The molecule has 212 valence electrons. The van der Waals surface area contributed by atoms with Gasteiger partial charge in [-0.15, -0.1) is 0 Å². The van der Waals surface area contributed by atoms with Crippen molar-refractivity contribution in [2.45, 2.75) is 12.3 Å². The van der Waals surface area contributed by atoms with Crippen LogP contribution in [-0.4, -0.2) is 15.0 Å². The van der Waals surface area contributed by atoms with E-state index in [0.29, 0.717) is 11.6 Å². The van der Waals surface area contributed by atoms with Crippen LogP contribution in [0.15, 0.2) is 138 Å². The summed E-state index contributed by atoms with van der Waals surface area (Å²) in [7, 11) is 0. The van der Waals surface area contributed by atoms with Crippen LogP contribution in [0.3, 0.4) is 0 Å². The van der Waals surface area contributed by atoms with Crippen LogP contribution in [0.25, 0.3) is 78.8 Å². The van der Waals surface area contributed by atoms with Crippen molar-refractivity contribution >= 4 is 44.9 Å². The molecule has 0 radical (unpaired) electrons. The summed E-state index contributed by atoms with van der Waals surface area (Å²) in [6, 6.07) is 46.3. The van der Waals surface area contributed by atoms with E-state index in [1.807, 2.05) is 30.3 Å². The Hall–Kier alpha value is -5.87. The molecule has 1 aliphatic rings. The first kappa shape index (κ1) is 25.6. The van der Waals surface area contributed by atoms with Gasteiger partial charge in [0.25, 0.3) is 0 Å². The minimum atomic E-state index is 0.0318. The zero-order valence-corrected chi connectivity index (χ0v) is 24.4. The van der Waals surface area contributed by atoms with Gasteiger partial charge in [-0.05, 0) is 63.0 Å². The van der Waals surface area contributed by atoms with Crippen molar-refractivity contribution in [2.24, 2.45) is 0 Å². The summed E-state index contributed by atoms with van der Waals surface area (Å²) in [4.78, 5) is 15.5. The molecule has 45 heavy (non-hydrogen) atoms. The molecule has 0 saturated carbocycles. The molecule has 0 N–H and O–H groups in total. The molecule has 0 fully saturated rings. The van der Waals surface area contributed by atoms with Gasteiger partial charge in [0.2, 0.25) is 0 Å². The fraction of sp³-hybridized carbons (Fsp3) is 0.0488. The molecule has 9 rings (SSSR count). The molecular formula is C41H27N3O. The third-order valence-corrected chi connectivity index (χ3v) is 8.79.